The third-order valence-corrected chi connectivity index (χ3v) is 1.25. The van der Waals surface area contributed by atoms with Crippen molar-refractivity contribution in [3.8, 4) is 0 Å². The van der Waals surface area contributed by atoms with E-state index in [4.69, 9.17) is 4.74 Å². The molecule has 1 aliphatic rings. The molecule has 0 saturated heterocycles. The van der Waals surface area contributed by atoms with E-state index in [-0.39, 0.29) is 6.10 Å². The lowest BCUT2D eigenvalue weighted by Gasteiger charge is -2.15. The van der Waals surface area contributed by atoms with Gasteiger partial charge in [0.15, 0.2) is 0 Å². The molecule has 50 valence electrons. The highest BCUT2D eigenvalue weighted by Gasteiger charge is 2.05. The monoisotopic (exact) mass is 125 g/mol. The Balaban J connectivity index is 2.51. The molecule has 0 fully saturated rings. The first-order chi connectivity index (χ1) is 4.33. The molecule has 0 spiro atoms. The van der Waals surface area contributed by atoms with E-state index in [1.54, 1.807) is 6.20 Å². The van der Waals surface area contributed by atoms with Crippen molar-refractivity contribution in [3.05, 3.63) is 12.0 Å². The molecule has 2 nitrogen and oxygen atoms in total. The molecule has 1 heterocycles. The van der Waals surface area contributed by atoms with Crippen molar-refractivity contribution in [2.45, 2.75) is 26.4 Å². The Morgan fingerprint density at radius 3 is 3.00 bits per heavy atom. The lowest BCUT2D eigenvalue weighted by Crippen LogP contribution is -2.14. The van der Waals surface area contributed by atoms with Crippen LogP contribution in [-0.2, 0) is 4.74 Å². The fourth-order valence-electron chi connectivity index (χ4n) is 0.732. The van der Waals surface area contributed by atoms with Gasteiger partial charge in [-0.25, -0.2) is 0 Å². The molecule has 9 heavy (non-hydrogen) atoms. The van der Waals surface area contributed by atoms with Gasteiger partial charge in [0.05, 0.1) is 6.20 Å². The predicted octanol–water partition coefficient (Wildman–Crippen LogP) is 1.73. The predicted molar refractivity (Wildman–Crippen MR) is 37.4 cm³/mol. The first kappa shape index (κ1) is 6.33. The van der Waals surface area contributed by atoms with Gasteiger partial charge in [0.2, 0.25) is 0 Å². The molecule has 0 aromatic carbocycles. The van der Waals surface area contributed by atoms with Crippen LogP contribution in [0.15, 0.2) is 17.0 Å². The molecule has 0 saturated carbocycles. The van der Waals surface area contributed by atoms with Crippen molar-refractivity contribution in [1.82, 2.24) is 0 Å². The third-order valence-electron chi connectivity index (χ3n) is 1.25. The van der Waals surface area contributed by atoms with Gasteiger partial charge in [0.25, 0.3) is 0 Å². The molecule has 2 heteroatoms. The Kier molecular flexibility index (Phi) is 1.88. The topological polar surface area (TPSA) is 21.6 Å². The number of hydrogen-bond acceptors (Lipinski definition) is 2. The van der Waals surface area contributed by atoms with E-state index in [9.17, 15) is 0 Å². The zero-order valence-corrected chi connectivity index (χ0v) is 5.79. The molecule has 1 rings (SSSR count). The first-order valence-corrected chi connectivity index (χ1v) is 3.19. The van der Waals surface area contributed by atoms with Crippen LogP contribution in [0, 0.1) is 0 Å². The quantitative estimate of drug-likeness (QED) is 0.523. The van der Waals surface area contributed by atoms with E-state index in [1.807, 2.05) is 13.1 Å². The van der Waals surface area contributed by atoms with Crippen LogP contribution in [0.25, 0.3) is 0 Å². The van der Waals surface area contributed by atoms with Crippen molar-refractivity contribution in [2.24, 2.45) is 4.99 Å². The Morgan fingerprint density at radius 1 is 1.78 bits per heavy atom. The standard InChI is InChI=1S/C7H11NO/c1-3-7-5-8-4-6(2)9-7/h4-5,7H,3H2,1-2H3. The zero-order valence-electron chi connectivity index (χ0n) is 5.79. The molecular weight excluding hydrogens is 114 g/mol. The number of allylic oxidation sites excluding steroid dienone is 1. The molecule has 0 aromatic rings. The lowest BCUT2D eigenvalue weighted by atomic mass is 10.3. The Bertz CT molecular complexity index is 149. The summed E-state index contributed by atoms with van der Waals surface area (Å²) in [6.45, 7) is 3.99. The molecule has 0 bridgehead atoms. The van der Waals surface area contributed by atoms with E-state index in [0.717, 1.165) is 12.2 Å². The van der Waals surface area contributed by atoms with Crippen molar-refractivity contribution in [1.29, 1.82) is 0 Å². The number of rotatable bonds is 1. The summed E-state index contributed by atoms with van der Waals surface area (Å²) in [6.07, 6.45) is 4.75. The summed E-state index contributed by atoms with van der Waals surface area (Å²) in [5.41, 5.74) is 0. The maximum atomic E-state index is 5.35. The molecule has 0 radical (unpaired) electrons. The summed E-state index contributed by atoms with van der Waals surface area (Å²) in [6, 6.07) is 0. The van der Waals surface area contributed by atoms with Crippen molar-refractivity contribution >= 4 is 6.21 Å². The fourth-order valence-corrected chi connectivity index (χ4v) is 0.732. The van der Waals surface area contributed by atoms with Gasteiger partial charge in [0, 0.05) is 6.21 Å². The molecule has 1 atom stereocenters. The van der Waals surface area contributed by atoms with Crippen LogP contribution in [-0.4, -0.2) is 12.3 Å². The Hall–Kier alpha value is -0.790. The summed E-state index contributed by atoms with van der Waals surface area (Å²) < 4.78 is 5.35. The summed E-state index contributed by atoms with van der Waals surface area (Å²) in [7, 11) is 0. The minimum atomic E-state index is 0.204. The molecule has 1 unspecified atom stereocenters. The smallest absolute Gasteiger partial charge is 0.133 e. The molecule has 0 amide bonds. The largest absolute Gasteiger partial charge is 0.488 e. The summed E-state index contributed by atoms with van der Waals surface area (Å²) in [5.74, 6) is 0.907. The van der Waals surface area contributed by atoms with Crippen LogP contribution < -0.4 is 0 Å². The normalized spacial score (nSPS) is 25.1. The molecule has 0 N–H and O–H groups in total. The average molecular weight is 125 g/mol. The second-order valence-corrected chi connectivity index (χ2v) is 2.10. The maximum absolute atomic E-state index is 5.35. The van der Waals surface area contributed by atoms with Gasteiger partial charge in [0.1, 0.15) is 11.9 Å². The molecular formula is C7H11NO. The Morgan fingerprint density at radius 2 is 2.56 bits per heavy atom. The average Bonchev–Trinajstić information content (AvgIpc) is 1.88. The number of nitrogens with zero attached hydrogens (tertiary/aromatic N) is 1. The minimum Gasteiger partial charge on any atom is -0.488 e. The highest BCUT2D eigenvalue weighted by molar-refractivity contribution is 5.64. The summed E-state index contributed by atoms with van der Waals surface area (Å²) >= 11 is 0. The van der Waals surface area contributed by atoms with Crippen molar-refractivity contribution < 1.29 is 4.74 Å². The molecule has 0 aromatic heterocycles. The van der Waals surface area contributed by atoms with Gasteiger partial charge in [-0.15, -0.1) is 0 Å². The van der Waals surface area contributed by atoms with Crippen LogP contribution in [0.3, 0.4) is 0 Å². The van der Waals surface area contributed by atoms with Crippen molar-refractivity contribution in [2.75, 3.05) is 0 Å². The van der Waals surface area contributed by atoms with Gasteiger partial charge in [-0.2, -0.15) is 0 Å². The van der Waals surface area contributed by atoms with Gasteiger partial charge < -0.3 is 4.74 Å². The van der Waals surface area contributed by atoms with Crippen LogP contribution in [0.4, 0.5) is 0 Å². The van der Waals surface area contributed by atoms with E-state index in [1.165, 1.54) is 0 Å². The maximum Gasteiger partial charge on any atom is 0.133 e. The summed E-state index contributed by atoms with van der Waals surface area (Å²) in [4.78, 5) is 4.00. The van der Waals surface area contributed by atoms with Gasteiger partial charge in [-0.05, 0) is 13.3 Å². The van der Waals surface area contributed by atoms with Crippen molar-refractivity contribution in [3.63, 3.8) is 0 Å². The molecule has 1 aliphatic heterocycles. The van der Waals surface area contributed by atoms with Gasteiger partial charge >= 0.3 is 0 Å². The fraction of sp³-hybridized carbons (Fsp3) is 0.571. The second kappa shape index (κ2) is 2.67. The highest BCUT2D eigenvalue weighted by atomic mass is 16.5. The van der Waals surface area contributed by atoms with E-state index in [0.29, 0.717) is 0 Å². The highest BCUT2D eigenvalue weighted by Crippen LogP contribution is 2.07. The van der Waals surface area contributed by atoms with Crippen LogP contribution in [0.1, 0.15) is 20.3 Å². The molecule has 0 aliphatic carbocycles. The van der Waals surface area contributed by atoms with Crippen LogP contribution >= 0.6 is 0 Å². The van der Waals surface area contributed by atoms with E-state index in [2.05, 4.69) is 11.9 Å². The number of aliphatic imine (C=N–C) groups is 1. The summed E-state index contributed by atoms with van der Waals surface area (Å²) in [5, 5.41) is 0. The zero-order chi connectivity index (χ0) is 6.69. The number of hydrogen-bond donors (Lipinski definition) is 0. The van der Waals surface area contributed by atoms with Crippen LogP contribution in [0.2, 0.25) is 0 Å². The Labute approximate surface area is 55.2 Å². The third kappa shape index (κ3) is 1.56. The minimum absolute atomic E-state index is 0.204. The van der Waals surface area contributed by atoms with E-state index < -0.39 is 0 Å². The first-order valence-electron chi connectivity index (χ1n) is 3.19. The second-order valence-electron chi connectivity index (χ2n) is 2.10. The van der Waals surface area contributed by atoms with Gasteiger partial charge in [-0.1, -0.05) is 6.92 Å². The van der Waals surface area contributed by atoms with Gasteiger partial charge in [-0.3, -0.25) is 4.99 Å². The van der Waals surface area contributed by atoms with E-state index >= 15 is 0 Å². The SMILES string of the molecule is CCC1C=NC=C(C)O1. The lowest BCUT2D eigenvalue weighted by molar-refractivity contribution is 0.167. The van der Waals surface area contributed by atoms with Crippen LogP contribution in [0.5, 0.6) is 0 Å². The number of ether oxygens (including phenoxy) is 1.